The van der Waals surface area contributed by atoms with Gasteiger partial charge in [-0.25, -0.2) is 4.98 Å². The van der Waals surface area contributed by atoms with Gasteiger partial charge in [0, 0.05) is 4.88 Å². The summed E-state index contributed by atoms with van der Waals surface area (Å²) in [5.41, 5.74) is 3.05. The van der Waals surface area contributed by atoms with Crippen LogP contribution in [0.5, 0.6) is 0 Å². The van der Waals surface area contributed by atoms with E-state index in [0.29, 0.717) is 17.8 Å². The van der Waals surface area contributed by atoms with Crippen molar-refractivity contribution in [2.75, 3.05) is 0 Å². The van der Waals surface area contributed by atoms with E-state index in [1.807, 2.05) is 18.2 Å². The highest BCUT2D eigenvalue weighted by atomic mass is 32.1. The predicted molar refractivity (Wildman–Crippen MR) is 107 cm³/mol. The van der Waals surface area contributed by atoms with E-state index in [1.165, 1.54) is 16.0 Å². The summed E-state index contributed by atoms with van der Waals surface area (Å²) in [6.45, 7) is 2.57. The van der Waals surface area contributed by atoms with Gasteiger partial charge in [-0.05, 0) is 36.1 Å². The molecule has 2 N–H and O–H groups in total. The number of nitrogens with one attached hydrogen (secondary N) is 2. The number of aryl methyl sites for hydroxylation is 1. The molecule has 130 valence electrons. The van der Waals surface area contributed by atoms with Gasteiger partial charge in [0.25, 0.3) is 5.56 Å². The number of benzene rings is 2. The lowest BCUT2D eigenvalue weighted by Gasteiger charge is -2.18. The van der Waals surface area contributed by atoms with Crippen molar-refractivity contribution < 1.29 is 0 Å². The van der Waals surface area contributed by atoms with E-state index < -0.39 is 0 Å². The summed E-state index contributed by atoms with van der Waals surface area (Å²) in [5, 5.41) is 6.24. The molecule has 0 radical (unpaired) electrons. The number of H-pyrrole nitrogens is 1. The second-order valence-electron chi connectivity index (χ2n) is 6.27. The molecule has 0 aliphatic heterocycles. The molecule has 4 aromatic rings. The second-order valence-corrected chi connectivity index (χ2v) is 7.25. The third kappa shape index (κ3) is 3.45. The minimum absolute atomic E-state index is 0.0624. The minimum Gasteiger partial charge on any atom is -0.309 e. The third-order valence-electron chi connectivity index (χ3n) is 4.37. The van der Waals surface area contributed by atoms with Gasteiger partial charge in [-0.15, -0.1) is 11.3 Å². The van der Waals surface area contributed by atoms with Crippen molar-refractivity contribution in [3.8, 4) is 0 Å². The van der Waals surface area contributed by atoms with Crippen LogP contribution in [0.15, 0.2) is 70.8 Å². The Labute approximate surface area is 155 Å². The zero-order valence-corrected chi connectivity index (χ0v) is 15.2. The molecule has 0 bridgehead atoms. The van der Waals surface area contributed by atoms with Crippen molar-refractivity contribution in [2.45, 2.75) is 19.5 Å². The first-order valence-electron chi connectivity index (χ1n) is 8.52. The van der Waals surface area contributed by atoms with Crippen LogP contribution in [-0.2, 0) is 6.54 Å². The van der Waals surface area contributed by atoms with Crippen LogP contribution in [0, 0.1) is 6.92 Å². The van der Waals surface area contributed by atoms with Crippen LogP contribution in [0.25, 0.3) is 10.9 Å². The average molecular weight is 361 g/mol. The maximum absolute atomic E-state index is 12.3. The van der Waals surface area contributed by atoms with Crippen molar-refractivity contribution in [3.05, 3.63) is 98.2 Å². The van der Waals surface area contributed by atoms with Crippen molar-refractivity contribution in [3.63, 3.8) is 0 Å². The quantitative estimate of drug-likeness (QED) is 0.561. The summed E-state index contributed by atoms with van der Waals surface area (Å²) in [7, 11) is 0. The van der Waals surface area contributed by atoms with Gasteiger partial charge in [0.05, 0.1) is 23.5 Å². The molecule has 1 atom stereocenters. The predicted octanol–water partition coefficient (Wildman–Crippen LogP) is 4.17. The van der Waals surface area contributed by atoms with Crippen molar-refractivity contribution >= 4 is 22.2 Å². The average Bonchev–Trinajstić information content (AvgIpc) is 3.18. The number of aromatic amines is 1. The number of hydrogen-bond donors (Lipinski definition) is 2. The van der Waals surface area contributed by atoms with Gasteiger partial charge in [0.2, 0.25) is 0 Å². The highest BCUT2D eigenvalue weighted by Gasteiger charge is 2.15. The highest BCUT2D eigenvalue weighted by Crippen LogP contribution is 2.26. The summed E-state index contributed by atoms with van der Waals surface area (Å²) in [6.07, 6.45) is 0. The van der Waals surface area contributed by atoms with E-state index in [9.17, 15) is 4.79 Å². The van der Waals surface area contributed by atoms with Gasteiger partial charge >= 0.3 is 0 Å². The first-order valence-corrected chi connectivity index (χ1v) is 9.40. The van der Waals surface area contributed by atoms with Gasteiger partial charge in [0.1, 0.15) is 5.82 Å². The van der Waals surface area contributed by atoms with E-state index in [2.05, 4.69) is 64.0 Å². The van der Waals surface area contributed by atoms with Crippen molar-refractivity contribution in [2.24, 2.45) is 0 Å². The monoisotopic (exact) mass is 361 g/mol. The Bertz CT molecular complexity index is 1070. The largest absolute Gasteiger partial charge is 0.309 e. The third-order valence-corrected chi connectivity index (χ3v) is 5.31. The van der Waals surface area contributed by atoms with Crippen LogP contribution < -0.4 is 10.9 Å². The Morgan fingerprint density at radius 2 is 1.88 bits per heavy atom. The number of para-hydroxylation sites is 1. The molecule has 0 aliphatic rings. The lowest BCUT2D eigenvalue weighted by atomic mass is 10.0. The normalized spacial score (nSPS) is 12.3. The van der Waals surface area contributed by atoms with Crippen LogP contribution in [0.3, 0.4) is 0 Å². The fourth-order valence-electron chi connectivity index (χ4n) is 3.01. The fraction of sp³-hybridized carbons (Fsp3) is 0.143. The van der Waals surface area contributed by atoms with E-state index in [-0.39, 0.29) is 11.6 Å². The molecule has 0 amide bonds. The van der Waals surface area contributed by atoms with Crippen LogP contribution in [0.1, 0.15) is 27.9 Å². The molecule has 0 aliphatic carbocycles. The molecule has 0 saturated heterocycles. The lowest BCUT2D eigenvalue weighted by molar-refractivity contribution is 0.594. The number of aromatic nitrogens is 2. The Morgan fingerprint density at radius 3 is 2.65 bits per heavy atom. The Balaban J connectivity index is 1.63. The van der Waals surface area contributed by atoms with Gasteiger partial charge in [-0.2, -0.15) is 0 Å². The zero-order valence-electron chi connectivity index (χ0n) is 14.4. The molecule has 0 fully saturated rings. The summed E-state index contributed by atoms with van der Waals surface area (Å²) in [4.78, 5) is 21.0. The maximum Gasteiger partial charge on any atom is 0.258 e. The fourth-order valence-corrected chi connectivity index (χ4v) is 3.84. The second kappa shape index (κ2) is 7.23. The van der Waals surface area contributed by atoms with E-state index in [1.54, 1.807) is 17.4 Å². The number of hydrogen-bond acceptors (Lipinski definition) is 4. The van der Waals surface area contributed by atoms with E-state index in [4.69, 9.17) is 0 Å². The Hall–Kier alpha value is -2.76. The van der Waals surface area contributed by atoms with Gasteiger partial charge < -0.3 is 4.98 Å². The molecule has 0 spiro atoms. The van der Waals surface area contributed by atoms with Crippen LogP contribution in [0.4, 0.5) is 0 Å². The molecule has 5 heteroatoms. The Kier molecular flexibility index (Phi) is 4.65. The SMILES string of the molecule is Cc1ccc([C@H](NCc2nc3ccccc3c(=O)[nH]2)c2cccs2)cc1. The summed E-state index contributed by atoms with van der Waals surface area (Å²) >= 11 is 1.72. The zero-order chi connectivity index (χ0) is 17.9. The summed E-state index contributed by atoms with van der Waals surface area (Å²) < 4.78 is 0. The lowest BCUT2D eigenvalue weighted by Crippen LogP contribution is -2.24. The van der Waals surface area contributed by atoms with Crippen LogP contribution in [0.2, 0.25) is 0 Å². The molecule has 2 aromatic carbocycles. The van der Waals surface area contributed by atoms with Gasteiger partial charge in [-0.3, -0.25) is 10.1 Å². The van der Waals surface area contributed by atoms with Crippen LogP contribution in [-0.4, -0.2) is 9.97 Å². The van der Waals surface area contributed by atoms with E-state index in [0.717, 1.165) is 5.52 Å². The molecule has 2 heterocycles. The molecule has 2 aromatic heterocycles. The molecule has 0 saturated carbocycles. The first-order chi connectivity index (χ1) is 12.7. The van der Waals surface area contributed by atoms with Crippen LogP contribution >= 0.6 is 11.3 Å². The topological polar surface area (TPSA) is 57.8 Å². The molecular formula is C21H19N3OS. The van der Waals surface area contributed by atoms with Gasteiger partial charge in [0.15, 0.2) is 0 Å². The van der Waals surface area contributed by atoms with E-state index >= 15 is 0 Å². The molecule has 0 unspecified atom stereocenters. The number of nitrogens with zero attached hydrogens (tertiary/aromatic N) is 1. The molecular weight excluding hydrogens is 342 g/mol. The van der Waals surface area contributed by atoms with Crippen molar-refractivity contribution in [1.82, 2.24) is 15.3 Å². The molecule has 4 rings (SSSR count). The number of rotatable bonds is 5. The Morgan fingerprint density at radius 1 is 1.08 bits per heavy atom. The molecule has 4 nitrogen and oxygen atoms in total. The maximum atomic E-state index is 12.3. The summed E-state index contributed by atoms with van der Waals surface area (Å²) in [6, 6.07) is 20.2. The first kappa shape index (κ1) is 16.7. The smallest absolute Gasteiger partial charge is 0.258 e. The van der Waals surface area contributed by atoms with Crippen molar-refractivity contribution in [1.29, 1.82) is 0 Å². The summed E-state index contributed by atoms with van der Waals surface area (Å²) in [5.74, 6) is 0.641. The van der Waals surface area contributed by atoms with Gasteiger partial charge in [-0.1, -0.05) is 48.0 Å². The molecule has 26 heavy (non-hydrogen) atoms. The number of thiophene rings is 1. The minimum atomic E-state index is -0.101. The standard InChI is InChI=1S/C21H19N3OS/c1-14-8-10-15(11-9-14)20(18-7-4-12-26-18)22-13-19-23-17-6-3-2-5-16(17)21(25)24-19/h2-12,20,22H,13H2,1H3,(H,23,24,25)/t20-/m0/s1. The highest BCUT2D eigenvalue weighted by molar-refractivity contribution is 7.10. The number of fused-ring (bicyclic) bond motifs is 1.